The van der Waals surface area contributed by atoms with Crippen molar-refractivity contribution in [2.24, 2.45) is 0 Å². The van der Waals surface area contributed by atoms with Crippen molar-refractivity contribution in [3.05, 3.63) is 54.1 Å². The van der Waals surface area contributed by atoms with E-state index in [2.05, 4.69) is 15.6 Å². The van der Waals surface area contributed by atoms with E-state index in [-0.39, 0.29) is 12.2 Å². The van der Waals surface area contributed by atoms with E-state index in [4.69, 9.17) is 0 Å². The summed E-state index contributed by atoms with van der Waals surface area (Å²) in [6.45, 7) is 0.356. The number of rotatable bonds is 4. The molecule has 0 radical (unpaired) electrons. The molecular formula is C15H13FN4O2. The number of hydrogen-bond donors (Lipinski definition) is 2. The Morgan fingerprint density at radius 3 is 2.82 bits per heavy atom. The van der Waals surface area contributed by atoms with Crippen LogP contribution < -0.4 is 15.5 Å². The minimum atomic E-state index is -0.541. The van der Waals surface area contributed by atoms with Crippen LogP contribution in [0.5, 0.6) is 0 Å². The molecule has 0 saturated carbocycles. The molecule has 1 aliphatic rings. The predicted octanol–water partition coefficient (Wildman–Crippen LogP) is 1.89. The lowest BCUT2D eigenvalue weighted by Crippen LogP contribution is -2.30. The van der Waals surface area contributed by atoms with Crippen LogP contribution in [0.15, 0.2) is 42.7 Å². The molecule has 2 aromatic rings. The first kappa shape index (κ1) is 14.0. The summed E-state index contributed by atoms with van der Waals surface area (Å²) in [5.41, 5.74) is 1.42. The summed E-state index contributed by atoms with van der Waals surface area (Å²) >= 11 is 0. The van der Waals surface area contributed by atoms with Crippen LogP contribution in [0.25, 0.3) is 0 Å². The van der Waals surface area contributed by atoms with Gasteiger partial charge in [0.1, 0.15) is 5.82 Å². The molecule has 6 nitrogen and oxygen atoms in total. The quantitative estimate of drug-likeness (QED) is 0.846. The fourth-order valence-corrected chi connectivity index (χ4v) is 2.17. The van der Waals surface area contributed by atoms with Crippen molar-refractivity contribution in [1.29, 1.82) is 0 Å². The summed E-state index contributed by atoms with van der Waals surface area (Å²) in [7, 11) is 0. The predicted molar refractivity (Wildman–Crippen MR) is 78.8 cm³/mol. The Morgan fingerprint density at radius 2 is 2.18 bits per heavy atom. The average Bonchev–Trinajstić information content (AvgIpc) is 2.86. The number of carbonyl (C=O) groups excluding carboxylic acids is 2. The summed E-state index contributed by atoms with van der Waals surface area (Å²) < 4.78 is 14.1. The highest BCUT2D eigenvalue weighted by molar-refractivity contribution is 6.19. The highest BCUT2D eigenvalue weighted by Gasteiger charge is 2.30. The van der Waals surface area contributed by atoms with Gasteiger partial charge in [0.25, 0.3) is 5.91 Å². The molecule has 1 aromatic heterocycles. The van der Waals surface area contributed by atoms with E-state index in [0.717, 1.165) is 16.5 Å². The maximum atomic E-state index is 14.1. The Kier molecular flexibility index (Phi) is 3.69. The van der Waals surface area contributed by atoms with E-state index in [1.54, 1.807) is 18.5 Å². The number of anilines is 2. The van der Waals surface area contributed by atoms with Crippen molar-refractivity contribution in [2.45, 2.75) is 6.54 Å². The molecule has 2 heterocycles. The number of carbonyl (C=O) groups is 2. The first-order valence-electron chi connectivity index (χ1n) is 6.68. The molecule has 3 rings (SSSR count). The van der Waals surface area contributed by atoms with Crippen LogP contribution in [0, 0.1) is 5.82 Å². The molecule has 1 aromatic carbocycles. The third-order valence-electron chi connectivity index (χ3n) is 3.26. The van der Waals surface area contributed by atoms with Gasteiger partial charge in [-0.05, 0) is 23.8 Å². The third kappa shape index (κ3) is 2.73. The van der Waals surface area contributed by atoms with Crippen molar-refractivity contribution in [3.63, 3.8) is 0 Å². The zero-order chi connectivity index (χ0) is 15.5. The topological polar surface area (TPSA) is 74.3 Å². The zero-order valence-corrected chi connectivity index (χ0v) is 11.5. The van der Waals surface area contributed by atoms with Crippen molar-refractivity contribution < 1.29 is 14.0 Å². The van der Waals surface area contributed by atoms with Crippen molar-refractivity contribution in [1.82, 2.24) is 10.3 Å². The second kappa shape index (κ2) is 5.80. The smallest absolute Gasteiger partial charge is 0.329 e. The molecular weight excluding hydrogens is 287 g/mol. The van der Waals surface area contributed by atoms with Gasteiger partial charge in [-0.25, -0.2) is 14.1 Å². The van der Waals surface area contributed by atoms with Crippen LogP contribution >= 0.6 is 0 Å². The number of nitrogens with one attached hydrogen (secondary N) is 2. The van der Waals surface area contributed by atoms with Crippen LogP contribution in [-0.4, -0.2) is 23.5 Å². The van der Waals surface area contributed by atoms with Crippen molar-refractivity contribution in [2.75, 3.05) is 16.8 Å². The fraction of sp³-hybridized carbons (Fsp3) is 0.133. The molecule has 3 amide bonds. The standard InChI is InChI=1S/C15H13FN4O2/c16-12-6-11(20-14(21)9-19-15(20)22)3-4-13(12)18-8-10-2-1-5-17-7-10/h1-7,18H,8-9H2,(H,19,22). The maximum Gasteiger partial charge on any atom is 0.329 e. The van der Waals surface area contributed by atoms with Gasteiger partial charge in [-0.15, -0.1) is 0 Å². The number of aromatic nitrogens is 1. The lowest BCUT2D eigenvalue weighted by Gasteiger charge is -2.14. The fourth-order valence-electron chi connectivity index (χ4n) is 2.17. The number of hydrogen-bond acceptors (Lipinski definition) is 4. The molecule has 2 N–H and O–H groups in total. The summed E-state index contributed by atoms with van der Waals surface area (Å²) in [6, 6.07) is 7.32. The van der Waals surface area contributed by atoms with E-state index < -0.39 is 17.8 Å². The van der Waals surface area contributed by atoms with Gasteiger partial charge in [0, 0.05) is 25.0 Å². The monoisotopic (exact) mass is 300 g/mol. The van der Waals surface area contributed by atoms with Gasteiger partial charge in [0.2, 0.25) is 0 Å². The van der Waals surface area contributed by atoms with E-state index in [1.807, 2.05) is 6.07 Å². The molecule has 0 atom stereocenters. The Balaban J connectivity index is 1.75. The van der Waals surface area contributed by atoms with Gasteiger partial charge in [0.05, 0.1) is 17.9 Å². The molecule has 0 unspecified atom stereocenters. The highest BCUT2D eigenvalue weighted by Crippen LogP contribution is 2.24. The molecule has 1 aliphatic heterocycles. The van der Waals surface area contributed by atoms with Crippen molar-refractivity contribution >= 4 is 23.3 Å². The molecule has 1 saturated heterocycles. The van der Waals surface area contributed by atoms with E-state index in [1.165, 1.54) is 12.1 Å². The third-order valence-corrected chi connectivity index (χ3v) is 3.26. The first-order valence-corrected chi connectivity index (χ1v) is 6.68. The van der Waals surface area contributed by atoms with E-state index in [9.17, 15) is 14.0 Å². The maximum absolute atomic E-state index is 14.1. The SMILES string of the molecule is O=C1CNC(=O)N1c1ccc(NCc2cccnc2)c(F)c1. The summed E-state index contributed by atoms with van der Waals surface area (Å²) in [4.78, 5) is 28.0. The first-order chi connectivity index (χ1) is 10.6. The summed E-state index contributed by atoms with van der Waals surface area (Å²) in [6.07, 6.45) is 3.35. The highest BCUT2D eigenvalue weighted by atomic mass is 19.1. The molecule has 112 valence electrons. The molecule has 0 bridgehead atoms. The minimum Gasteiger partial charge on any atom is -0.379 e. The van der Waals surface area contributed by atoms with E-state index in [0.29, 0.717) is 12.2 Å². The van der Waals surface area contributed by atoms with Crippen LogP contribution in [0.2, 0.25) is 0 Å². The minimum absolute atomic E-state index is 0.0680. The zero-order valence-electron chi connectivity index (χ0n) is 11.5. The Labute approximate surface area is 126 Å². The Morgan fingerprint density at radius 1 is 1.32 bits per heavy atom. The lowest BCUT2D eigenvalue weighted by molar-refractivity contribution is -0.115. The summed E-state index contributed by atoms with van der Waals surface area (Å²) in [5.74, 6) is -0.936. The number of nitrogens with zero attached hydrogens (tertiary/aromatic N) is 2. The van der Waals surface area contributed by atoms with Gasteiger partial charge in [0.15, 0.2) is 0 Å². The number of amides is 3. The summed E-state index contributed by atoms with van der Waals surface area (Å²) in [5, 5.41) is 5.34. The van der Waals surface area contributed by atoms with Gasteiger partial charge in [-0.1, -0.05) is 6.07 Å². The number of pyridine rings is 1. The van der Waals surface area contributed by atoms with Gasteiger partial charge in [-0.2, -0.15) is 0 Å². The lowest BCUT2D eigenvalue weighted by atomic mass is 10.2. The second-order valence-electron chi connectivity index (χ2n) is 4.77. The van der Waals surface area contributed by atoms with Gasteiger partial charge >= 0.3 is 6.03 Å². The molecule has 7 heteroatoms. The number of halogens is 1. The van der Waals surface area contributed by atoms with Gasteiger partial charge in [-0.3, -0.25) is 9.78 Å². The number of urea groups is 1. The van der Waals surface area contributed by atoms with Crippen LogP contribution in [0.3, 0.4) is 0 Å². The molecule has 0 aliphatic carbocycles. The Hall–Kier alpha value is -2.96. The number of benzene rings is 1. The molecule has 0 spiro atoms. The molecule has 22 heavy (non-hydrogen) atoms. The molecule has 1 fully saturated rings. The van der Waals surface area contributed by atoms with Gasteiger partial charge < -0.3 is 10.6 Å². The second-order valence-corrected chi connectivity index (χ2v) is 4.77. The van der Waals surface area contributed by atoms with Crippen LogP contribution in [0.1, 0.15) is 5.56 Å². The van der Waals surface area contributed by atoms with Crippen LogP contribution in [0.4, 0.5) is 20.6 Å². The largest absolute Gasteiger partial charge is 0.379 e. The van der Waals surface area contributed by atoms with Crippen molar-refractivity contribution in [3.8, 4) is 0 Å². The average molecular weight is 300 g/mol. The normalized spacial score (nSPS) is 14.1. The van der Waals surface area contributed by atoms with E-state index >= 15 is 0 Å². The van der Waals surface area contributed by atoms with Crippen LogP contribution in [-0.2, 0) is 11.3 Å². The number of imide groups is 1. The Bertz CT molecular complexity index is 705.